The van der Waals surface area contributed by atoms with E-state index in [2.05, 4.69) is 18.8 Å². The Kier molecular flexibility index (Phi) is 6.60. The highest BCUT2D eigenvalue weighted by Gasteiger charge is 2.14. The Bertz CT molecular complexity index is 310. The minimum Gasteiger partial charge on any atom is -0.394 e. The summed E-state index contributed by atoms with van der Waals surface area (Å²) in [5, 5.41) is 13.0. The van der Waals surface area contributed by atoms with Crippen LogP contribution in [0.15, 0.2) is 43.0 Å². The molecule has 0 heterocycles. The molecule has 0 aliphatic heterocycles. The van der Waals surface area contributed by atoms with Gasteiger partial charge in [0.15, 0.2) is 0 Å². The molecule has 0 radical (unpaired) electrons. The van der Waals surface area contributed by atoms with Crippen LogP contribution in [0, 0.1) is 0 Å². The van der Waals surface area contributed by atoms with Crippen molar-refractivity contribution in [2.45, 2.75) is 38.3 Å². The van der Waals surface area contributed by atoms with Crippen molar-refractivity contribution in [1.82, 2.24) is 5.32 Å². The van der Waals surface area contributed by atoms with Crippen LogP contribution in [0.1, 0.15) is 37.8 Å². The van der Waals surface area contributed by atoms with E-state index in [0.717, 1.165) is 24.8 Å². The molecule has 1 aromatic carbocycles. The van der Waals surface area contributed by atoms with E-state index in [1.807, 2.05) is 36.4 Å². The van der Waals surface area contributed by atoms with Gasteiger partial charge in [-0.25, -0.2) is 0 Å². The first kappa shape index (κ1) is 13.9. The second-order valence-electron chi connectivity index (χ2n) is 4.32. The van der Waals surface area contributed by atoms with Crippen LogP contribution in [0.5, 0.6) is 0 Å². The molecule has 0 aliphatic carbocycles. The number of nitrogens with one attached hydrogen (secondary N) is 1. The van der Waals surface area contributed by atoms with Crippen molar-refractivity contribution < 1.29 is 5.11 Å². The molecular weight excluding hydrogens is 210 g/mol. The third-order valence-electron chi connectivity index (χ3n) is 2.91. The maximum Gasteiger partial charge on any atom is 0.0626 e. The molecule has 0 fully saturated rings. The SMILES string of the molecule is C=CC[C@@H](CCC)N[C@@H](CO)c1ccccc1. The molecule has 0 aromatic heterocycles. The number of aliphatic hydroxyl groups is 1. The Balaban J connectivity index is 2.64. The van der Waals surface area contributed by atoms with Crippen molar-refractivity contribution in [1.29, 1.82) is 0 Å². The van der Waals surface area contributed by atoms with Gasteiger partial charge in [0.05, 0.1) is 12.6 Å². The van der Waals surface area contributed by atoms with Crippen LogP contribution in [0.3, 0.4) is 0 Å². The van der Waals surface area contributed by atoms with E-state index in [4.69, 9.17) is 0 Å². The molecule has 0 amide bonds. The number of aliphatic hydroxyl groups excluding tert-OH is 1. The quantitative estimate of drug-likeness (QED) is 0.676. The molecule has 0 saturated carbocycles. The zero-order valence-corrected chi connectivity index (χ0v) is 10.6. The number of benzene rings is 1. The zero-order valence-electron chi connectivity index (χ0n) is 10.6. The van der Waals surface area contributed by atoms with Gasteiger partial charge in [0, 0.05) is 6.04 Å². The standard InChI is InChI=1S/C15H23NO/c1-3-8-14(9-4-2)16-15(12-17)13-10-6-5-7-11-13/h3,5-7,10-11,14-17H,1,4,8-9,12H2,2H3/t14-,15-/m0/s1. The molecule has 1 rings (SSSR count). The van der Waals surface area contributed by atoms with Gasteiger partial charge in [-0.15, -0.1) is 6.58 Å². The lowest BCUT2D eigenvalue weighted by molar-refractivity contribution is 0.230. The van der Waals surface area contributed by atoms with Crippen LogP contribution < -0.4 is 5.32 Å². The lowest BCUT2D eigenvalue weighted by Gasteiger charge is -2.24. The maximum absolute atomic E-state index is 9.48. The van der Waals surface area contributed by atoms with E-state index in [0.29, 0.717) is 6.04 Å². The number of rotatable bonds is 8. The molecule has 94 valence electrons. The first-order valence-electron chi connectivity index (χ1n) is 6.34. The van der Waals surface area contributed by atoms with E-state index in [-0.39, 0.29) is 12.6 Å². The minimum atomic E-state index is 0.0210. The van der Waals surface area contributed by atoms with Gasteiger partial charge in [-0.3, -0.25) is 0 Å². The fourth-order valence-corrected chi connectivity index (χ4v) is 2.04. The summed E-state index contributed by atoms with van der Waals surface area (Å²) >= 11 is 0. The van der Waals surface area contributed by atoms with Crippen molar-refractivity contribution in [3.8, 4) is 0 Å². The third kappa shape index (κ3) is 4.72. The van der Waals surface area contributed by atoms with Gasteiger partial charge in [-0.2, -0.15) is 0 Å². The first-order valence-corrected chi connectivity index (χ1v) is 6.34. The molecule has 0 spiro atoms. The number of hydrogen-bond donors (Lipinski definition) is 2. The highest BCUT2D eigenvalue weighted by molar-refractivity contribution is 5.19. The van der Waals surface area contributed by atoms with Crippen molar-refractivity contribution in [3.05, 3.63) is 48.6 Å². The molecule has 0 saturated heterocycles. The van der Waals surface area contributed by atoms with Gasteiger partial charge in [0.25, 0.3) is 0 Å². The molecule has 2 heteroatoms. The molecule has 0 unspecified atom stereocenters. The molecule has 0 bridgehead atoms. The summed E-state index contributed by atoms with van der Waals surface area (Å²) in [5.74, 6) is 0. The summed E-state index contributed by atoms with van der Waals surface area (Å²) in [7, 11) is 0. The van der Waals surface area contributed by atoms with Crippen LogP contribution >= 0.6 is 0 Å². The Morgan fingerprint density at radius 3 is 2.59 bits per heavy atom. The Morgan fingerprint density at radius 2 is 2.06 bits per heavy atom. The van der Waals surface area contributed by atoms with Crippen molar-refractivity contribution in [3.63, 3.8) is 0 Å². The van der Waals surface area contributed by atoms with E-state index < -0.39 is 0 Å². The van der Waals surface area contributed by atoms with E-state index in [1.54, 1.807) is 0 Å². The van der Waals surface area contributed by atoms with Gasteiger partial charge < -0.3 is 10.4 Å². The first-order chi connectivity index (χ1) is 8.31. The molecule has 1 aromatic rings. The summed E-state index contributed by atoms with van der Waals surface area (Å²) < 4.78 is 0. The van der Waals surface area contributed by atoms with E-state index in [1.165, 1.54) is 0 Å². The molecule has 17 heavy (non-hydrogen) atoms. The predicted molar refractivity (Wildman–Crippen MR) is 72.9 cm³/mol. The third-order valence-corrected chi connectivity index (χ3v) is 2.91. The van der Waals surface area contributed by atoms with Crippen LogP contribution in [-0.4, -0.2) is 17.8 Å². The molecule has 0 aliphatic rings. The average Bonchev–Trinajstić information content (AvgIpc) is 2.37. The van der Waals surface area contributed by atoms with Crippen molar-refractivity contribution in [2.24, 2.45) is 0 Å². The zero-order chi connectivity index (χ0) is 12.5. The highest BCUT2D eigenvalue weighted by atomic mass is 16.3. The Hall–Kier alpha value is -1.12. The Labute approximate surface area is 104 Å². The highest BCUT2D eigenvalue weighted by Crippen LogP contribution is 2.15. The topological polar surface area (TPSA) is 32.3 Å². The van der Waals surface area contributed by atoms with Crippen LogP contribution in [-0.2, 0) is 0 Å². The van der Waals surface area contributed by atoms with Gasteiger partial charge in [0.1, 0.15) is 0 Å². The summed E-state index contributed by atoms with van der Waals surface area (Å²) in [5.41, 5.74) is 1.14. The summed E-state index contributed by atoms with van der Waals surface area (Å²) in [4.78, 5) is 0. The maximum atomic E-state index is 9.48. The minimum absolute atomic E-state index is 0.0210. The molecular formula is C15H23NO. The van der Waals surface area contributed by atoms with Crippen molar-refractivity contribution >= 4 is 0 Å². The van der Waals surface area contributed by atoms with Gasteiger partial charge in [-0.1, -0.05) is 49.8 Å². The summed E-state index contributed by atoms with van der Waals surface area (Å²) in [6.45, 7) is 6.09. The largest absolute Gasteiger partial charge is 0.394 e. The molecule has 2 atom stereocenters. The second kappa shape index (κ2) is 8.04. The summed E-state index contributed by atoms with van der Waals surface area (Å²) in [6, 6.07) is 10.5. The van der Waals surface area contributed by atoms with Crippen LogP contribution in [0.2, 0.25) is 0 Å². The van der Waals surface area contributed by atoms with Crippen molar-refractivity contribution in [2.75, 3.05) is 6.61 Å². The lowest BCUT2D eigenvalue weighted by Crippen LogP contribution is -2.34. The lowest BCUT2D eigenvalue weighted by atomic mass is 10.0. The Morgan fingerprint density at radius 1 is 1.35 bits per heavy atom. The predicted octanol–water partition coefficient (Wildman–Crippen LogP) is 3.05. The monoisotopic (exact) mass is 233 g/mol. The van der Waals surface area contributed by atoms with Gasteiger partial charge in [-0.05, 0) is 18.4 Å². The van der Waals surface area contributed by atoms with Gasteiger partial charge >= 0.3 is 0 Å². The second-order valence-corrected chi connectivity index (χ2v) is 4.32. The fourth-order valence-electron chi connectivity index (χ4n) is 2.04. The summed E-state index contributed by atoms with van der Waals surface area (Å²) in [6.07, 6.45) is 5.12. The molecule has 2 N–H and O–H groups in total. The van der Waals surface area contributed by atoms with E-state index in [9.17, 15) is 5.11 Å². The smallest absolute Gasteiger partial charge is 0.0626 e. The fraction of sp³-hybridized carbons (Fsp3) is 0.467. The van der Waals surface area contributed by atoms with E-state index >= 15 is 0 Å². The van der Waals surface area contributed by atoms with Gasteiger partial charge in [0.2, 0.25) is 0 Å². The normalized spacial score (nSPS) is 14.2. The average molecular weight is 233 g/mol. The molecule has 2 nitrogen and oxygen atoms in total. The number of hydrogen-bond acceptors (Lipinski definition) is 2. The van der Waals surface area contributed by atoms with Crippen LogP contribution in [0.25, 0.3) is 0 Å². The van der Waals surface area contributed by atoms with Crippen LogP contribution in [0.4, 0.5) is 0 Å².